The molecule has 2 heteroatoms. The van der Waals surface area contributed by atoms with Crippen molar-refractivity contribution in [2.75, 3.05) is 0 Å². The van der Waals surface area contributed by atoms with Crippen molar-refractivity contribution in [2.45, 2.75) is 77.2 Å². The molecule has 4 aliphatic rings. The zero-order valence-electron chi connectivity index (χ0n) is 16.9. The molecule has 0 bridgehead atoms. The molecule has 7 atom stereocenters. The Kier molecular flexibility index (Phi) is 3.93. The van der Waals surface area contributed by atoms with Gasteiger partial charge in [-0.1, -0.05) is 44.2 Å². The molecule has 0 aliphatic heterocycles. The molecule has 0 spiro atoms. The molecule has 0 saturated heterocycles. The maximum absolute atomic E-state index is 12.6. The topological polar surface area (TPSA) is 37.3 Å². The number of rotatable bonds is 1. The van der Waals surface area contributed by atoms with Gasteiger partial charge >= 0.3 is 0 Å². The van der Waals surface area contributed by atoms with Crippen molar-refractivity contribution in [3.63, 3.8) is 0 Å². The van der Waals surface area contributed by atoms with Gasteiger partial charge in [-0.15, -0.1) is 0 Å². The highest BCUT2D eigenvalue weighted by atomic mass is 16.3. The predicted octanol–water partition coefficient (Wildman–Crippen LogP) is 5.49. The monoisotopic (exact) mass is 366 g/mol. The smallest absolute Gasteiger partial charge is 0.139 e. The molecule has 5 rings (SSSR count). The van der Waals surface area contributed by atoms with Crippen LogP contribution in [0.25, 0.3) is 0 Å². The molecule has 1 aromatic carbocycles. The van der Waals surface area contributed by atoms with Crippen LogP contribution in [0.2, 0.25) is 0 Å². The molecular weight excluding hydrogens is 332 g/mol. The van der Waals surface area contributed by atoms with E-state index < -0.39 is 5.60 Å². The molecule has 1 aromatic rings. The van der Waals surface area contributed by atoms with Crippen LogP contribution >= 0.6 is 0 Å². The van der Waals surface area contributed by atoms with Crippen LogP contribution in [0.1, 0.15) is 77.2 Å². The summed E-state index contributed by atoms with van der Waals surface area (Å²) in [4.78, 5) is 12.6. The van der Waals surface area contributed by atoms with Crippen LogP contribution in [0.15, 0.2) is 30.3 Å². The van der Waals surface area contributed by atoms with E-state index in [4.69, 9.17) is 0 Å². The minimum absolute atomic E-state index is 0.0240. The van der Waals surface area contributed by atoms with E-state index in [1.54, 1.807) is 0 Å². The van der Waals surface area contributed by atoms with E-state index in [9.17, 15) is 9.90 Å². The van der Waals surface area contributed by atoms with E-state index >= 15 is 0 Å². The number of hydrogen-bond donors (Lipinski definition) is 1. The maximum Gasteiger partial charge on any atom is 0.139 e. The Bertz CT molecular complexity index is 742. The molecule has 2 nitrogen and oxygen atoms in total. The van der Waals surface area contributed by atoms with Gasteiger partial charge in [-0.3, -0.25) is 4.79 Å². The second-order valence-corrected chi connectivity index (χ2v) is 10.7. The third-order valence-corrected chi connectivity index (χ3v) is 9.75. The Morgan fingerprint density at radius 2 is 1.70 bits per heavy atom. The normalized spacial score (nSPS) is 49.2. The molecule has 4 fully saturated rings. The summed E-state index contributed by atoms with van der Waals surface area (Å²) < 4.78 is 0. The maximum atomic E-state index is 12.6. The average molecular weight is 367 g/mol. The van der Waals surface area contributed by atoms with E-state index in [1.165, 1.54) is 19.3 Å². The third kappa shape index (κ3) is 2.44. The number of carbonyl (C=O) groups is 1. The number of aliphatic hydroxyl groups is 1. The van der Waals surface area contributed by atoms with Crippen LogP contribution in [0.3, 0.4) is 0 Å². The van der Waals surface area contributed by atoms with Crippen molar-refractivity contribution in [1.82, 2.24) is 0 Å². The standard InChI is InChI=1S/C25H34O2/c1-23-14-15-25(27,17-6-4-3-5-7-17)16-18(23)8-9-19-20-10-11-22(26)24(20,2)13-12-21(19)23/h3-7,18-21,27H,8-16H2,1-2H3/t18?,19-,20-,21-,23-,24-,25-/m0/s1. The number of fused-ring (bicyclic) bond motifs is 5. The van der Waals surface area contributed by atoms with Gasteiger partial charge in [0.2, 0.25) is 0 Å². The van der Waals surface area contributed by atoms with Gasteiger partial charge in [0.05, 0.1) is 5.60 Å². The molecule has 27 heavy (non-hydrogen) atoms. The van der Waals surface area contributed by atoms with Gasteiger partial charge in [-0.25, -0.2) is 0 Å². The highest BCUT2D eigenvalue weighted by molar-refractivity contribution is 5.87. The van der Waals surface area contributed by atoms with Gasteiger partial charge < -0.3 is 5.11 Å². The molecule has 0 amide bonds. The average Bonchev–Trinajstić information content (AvgIpc) is 2.98. The zero-order valence-corrected chi connectivity index (χ0v) is 16.9. The molecular formula is C25H34O2. The predicted molar refractivity (Wildman–Crippen MR) is 107 cm³/mol. The lowest BCUT2D eigenvalue weighted by atomic mass is 9.44. The fourth-order valence-corrected chi connectivity index (χ4v) is 8.03. The first-order chi connectivity index (χ1) is 12.9. The Labute approximate surface area is 163 Å². The third-order valence-electron chi connectivity index (χ3n) is 9.75. The second kappa shape index (κ2) is 5.92. The lowest BCUT2D eigenvalue weighted by Gasteiger charge is -2.61. The molecule has 1 unspecified atom stereocenters. The molecule has 0 aromatic heterocycles. The Hall–Kier alpha value is -1.15. The van der Waals surface area contributed by atoms with Crippen LogP contribution in [0, 0.1) is 34.5 Å². The van der Waals surface area contributed by atoms with Gasteiger partial charge in [0, 0.05) is 11.8 Å². The summed E-state index contributed by atoms with van der Waals surface area (Å²) in [6, 6.07) is 10.3. The second-order valence-electron chi connectivity index (χ2n) is 10.7. The summed E-state index contributed by atoms with van der Waals surface area (Å²) in [5.74, 6) is 3.26. The molecule has 4 saturated carbocycles. The fraction of sp³-hybridized carbons (Fsp3) is 0.720. The number of Topliss-reactive ketones (excluding diaryl/α,β-unsaturated/α-hetero) is 1. The lowest BCUT2D eigenvalue weighted by Crippen LogP contribution is -2.55. The van der Waals surface area contributed by atoms with Gasteiger partial charge in [-0.2, -0.15) is 0 Å². The first-order valence-electron chi connectivity index (χ1n) is 11.2. The van der Waals surface area contributed by atoms with E-state index in [2.05, 4.69) is 38.1 Å². The quantitative estimate of drug-likeness (QED) is 0.714. The minimum Gasteiger partial charge on any atom is -0.385 e. The van der Waals surface area contributed by atoms with Gasteiger partial charge in [-0.05, 0) is 86.0 Å². The molecule has 146 valence electrons. The summed E-state index contributed by atoms with van der Waals surface area (Å²) in [6.45, 7) is 4.80. The van der Waals surface area contributed by atoms with Crippen LogP contribution in [0.4, 0.5) is 0 Å². The molecule has 4 aliphatic carbocycles. The summed E-state index contributed by atoms with van der Waals surface area (Å²) in [7, 11) is 0. The van der Waals surface area contributed by atoms with Crippen molar-refractivity contribution in [1.29, 1.82) is 0 Å². The highest BCUT2D eigenvalue weighted by Gasteiger charge is 2.61. The van der Waals surface area contributed by atoms with Crippen molar-refractivity contribution >= 4 is 5.78 Å². The fourth-order valence-electron chi connectivity index (χ4n) is 8.03. The van der Waals surface area contributed by atoms with Crippen LogP contribution in [-0.2, 0) is 10.4 Å². The van der Waals surface area contributed by atoms with Crippen LogP contribution in [-0.4, -0.2) is 10.9 Å². The Morgan fingerprint density at radius 1 is 0.926 bits per heavy atom. The van der Waals surface area contributed by atoms with Gasteiger partial charge in [0.15, 0.2) is 0 Å². The first-order valence-corrected chi connectivity index (χ1v) is 11.2. The zero-order chi connectivity index (χ0) is 18.9. The van der Waals surface area contributed by atoms with Crippen molar-refractivity contribution in [3.8, 4) is 0 Å². The highest BCUT2D eigenvalue weighted by Crippen LogP contribution is 2.66. The first kappa shape index (κ1) is 17.9. The molecule has 0 radical (unpaired) electrons. The van der Waals surface area contributed by atoms with Crippen molar-refractivity contribution < 1.29 is 9.90 Å². The SMILES string of the molecule is C[C@]12CC[C@@](O)(c3ccccc3)CC1CC[C@@H]1[C@@H]2CC[C@]2(C)C(=O)CC[C@@H]12. The number of carbonyl (C=O) groups excluding carboxylic acids is 1. The minimum atomic E-state index is -0.648. The summed E-state index contributed by atoms with van der Waals surface area (Å²) in [5.41, 5.74) is 0.776. The summed E-state index contributed by atoms with van der Waals surface area (Å²) in [6.07, 6.45) is 9.69. The van der Waals surface area contributed by atoms with Gasteiger partial charge in [0.1, 0.15) is 5.78 Å². The van der Waals surface area contributed by atoms with E-state index in [-0.39, 0.29) is 5.41 Å². The van der Waals surface area contributed by atoms with Gasteiger partial charge in [0.25, 0.3) is 0 Å². The number of ketones is 1. The summed E-state index contributed by atoms with van der Waals surface area (Å²) >= 11 is 0. The van der Waals surface area contributed by atoms with Crippen molar-refractivity contribution in [2.24, 2.45) is 34.5 Å². The van der Waals surface area contributed by atoms with E-state index in [0.717, 1.165) is 55.9 Å². The van der Waals surface area contributed by atoms with Crippen molar-refractivity contribution in [3.05, 3.63) is 35.9 Å². The number of hydrogen-bond acceptors (Lipinski definition) is 2. The largest absolute Gasteiger partial charge is 0.385 e. The molecule has 0 heterocycles. The Morgan fingerprint density at radius 3 is 2.48 bits per heavy atom. The summed E-state index contributed by atoms with van der Waals surface area (Å²) in [5, 5.41) is 11.5. The molecule has 1 N–H and O–H groups in total. The van der Waals surface area contributed by atoms with E-state index in [1.807, 2.05) is 6.07 Å². The number of benzene rings is 1. The Balaban J connectivity index is 1.42. The van der Waals surface area contributed by atoms with E-state index in [0.29, 0.717) is 23.0 Å². The van der Waals surface area contributed by atoms with Crippen LogP contribution < -0.4 is 0 Å². The van der Waals surface area contributed by atoms with Crippen LogP contribution in [0.5, 0.6) is 0 Å². The lowest BCUT2D eigenvalue weighted by molar-refractivity contribution is -0.155.